The zero-order valence-electron chi connectivity index (χ0n) is 11.8. The van der Waals surface area contributed by atoms with E-state index in [1.54, 1.807) is 0 Å². The zero-order chi connectivity index (χ0) is 15.4. The first kappa shape index (κ1) is 15.3. The minimum absolute atomic E-state index is 0.191. The predicted molar refractivity (Wildman–Crippen MR) is 78.0 cm³/mol. The number of rotatable bonds is 5. The van der Waals surface area contributed by atoms with Crippen LogP contribution in [0.2, 0.25) is 0 Å². The maximum atomic E-state index is 12.9. The highest BCUT2D eigenvalue weighted by atomic mass is 32.1. The molecule has 0 aliphatic rings. The Balaban J connectivity index is 1.96. The topological polar surface area (TPSA) is 75.6 Å². The fourth-order valence-electron chi connectivity index (χ4n) is 1.98. The minimum atomic E-state index is -0.677. The van der Waals surface area contributed by atoms with Crippen molar-refractivity contribution in [2.24, 2.45) is 0 Å². The summed E-state index contributed by atoms with van der Waals surface area (Å²) in [4.78, 5) is 15.3. The van der Waals surface area contributed by atoms with Crippen molar-refractivity contribution >= 4 is 18.1 Å². The molecule has 1 amide bonds. The van der Waals surface area contributed by atoms with Gasteiger partial charge in [-0.25, -0.2) is 4.98 Å². The van der Waals surface area contributed by atoms with Crippen LogP contribution < -0.4 is 5.32 Å². The molecule has 0 fully saturated rings. The molecular formula is C13H16FN5OS. The van der Waals surface area contributed by atoms with E-state index in [1.807, 2.05) is 18.4 Å². The van der Waals surface area contributed by atoms with Gasteiger partial charge in [-0.05, 0) is 32.1 Å². The van der Waals surface area contributed by atoms with Crippen molar-refractivity contribution in [3.63, 3.8) is 0 Å². The van der Waals surface area contributed by atoms with Gasteiger partial charge in [-0.3, -0.25) is 9.89 Å². The van der Waals surface area contributed by atoms with Crippen molar-refractivity contribution in [2.45, 2.75) is 26.3 Å². The molecule has 21 heavy (non-hydrogen) atoms. The van der Waals surface area contributed by atoms with Gasteiger partial charge in [0.2, 0.25) is 5.95 Å². The van der Waals surface area contributed by atoms with Crippen molar-refractivity contribution in [1.82, 2.24) is 25.1 Å². The first-order valence-corrected chi connectivity index (χ1v) is 6.95. The number of H-pyrrole nitrogens is 1. The Hall–Kier alpha value is -2.09. The summed E-state index contributed by atoms with van der Waals surface area (Å²) >= 11 is 5.15. The zero-order valence-corrected chi connectivity index (χ0v) is 12.6. The summed E-state index contributed by atoms with van der Waals surface area (Å²) in [5.41, 5.74) is 0.241. The SMILES string of the molecule is CC(C)n1c(CCNC(=O)c2ccnc(F)c2)n[nH]c1=S. The summed E-state index contributed by atoms with van der Waals surface area (Å²) in [6, 6.07) is 2.75. The van der Waals surface area contributed by atoms with Gasteiger partial charge < -0.3 is 9.88 Å². The monoisotopic (exact) mass is 309 g/mol. The standard InChI is InChI=1S/C13H16FN5OS/c1-8(2)19-11(17-18-13(19)21)4-6-16-12(20)9-3-5-15-10(14)7-9/h3,5,7-8H,4,6H2,1-2H3,(H,16,20)(H,18,21). The van der Waals surface area contributed by atoms with Gasteiger partial charge in [0, 0.05) is 36.8 Å². The number of carbonyl (C=O) groups is 1. The lowest BCUT2D eigenvalue weighted by molar-refractivity contribution is 0.0953. The van der Waals surface area contributed by atoms with Gasteiger partial charge in [0.1, 0.15) is 5.82 Å². The van der Waals surface area contributed by atoms with Crippen LogP contribution in [0.5, 0.6) is 0 Å². The average Bonchev–Trinajstić information content (AvgIpc) is 2.80. The van der Waals surface area contributed by atoms with Crippen LogP contribution >= 0.6 is 12.2 Å². The molecule has 2 heterocycles. The Labute approximate surface area is 126 Å². The fourth-order valence-corrected chi connectivity index (χ4v) is 2.34. The Morgan fingerprint density at radius 2 is 2.33 bits per heavy atom. The van der Waals surface area contributed by atoms with Gasteiger partial charge in [0.25, 0.3) is 5.91 Å². The number of nitrogens with one attached hydrogen (secondary N) is 2. The van der Waals surface area contributed by atoms with Crippen molar-refractivity contribution in [3.05, 3.63) is 40.4 Å². The van der Waals surface area contributed by atoms with E-state index in [2.05, 4.69) is 20.5 Å². The second-order valence-electron chi connectivity index (χ2n) is 4.78. The van der Waals surface area contributed by atoms with Crippen LogP contribution in [0, 0.1) is 10.7 Å². The van der Waals surface area contributed by atoms with Crippen LogP contribution in [0.1, 0.15) is 36.1 Å². The molecule has 0 aliphatic carbocycles. The third-order valence-electron chi connectivity index (χ3n) is 2.92. The molecule has 8 heteroatoms. The van der Waals surface area contributed by atoms with E-state index >= 15 is 0 Å². The average molecular weight is 309 g/mol. The van der Waals surface area contributed by atoms with E-state index in [0.29, 0.717) is 17.7 Å². The normalized spacial score (nSPS) is 10.9. The summed E-state index contributed by atoms with van der Waals surface area (Å²) in [5.74, 6) is -0.249. The lowest BCUT2D eigenvalue weighted by atomic mass is 10.2. The van der Waals surface area contributed by atoms with E-state index in [-0.39, 0.29) is 17.5 Å². The maximum Gasteiger partial charge on any atom is 0.251 e. The number of nitrogens with zero attached hydrogens (tertiary/aromatic N) is 3. The second kappa shape index (κ2) is 6.57. The third kappa shape index (κ3) is 3.72. The summed E-state index contributed by atoms with van der Waals surface area (Å²) in [6.45, 7) is 4.40. The molecule has 2 rings (SSSR count). The molecule has 2 aromatic heterocycles. The van der Waals surface area contributed by atoms with Crippen molar-refractivity contribution < 1.29 is 9.18 Å². The van der Waals surface area contributed by atoms with Gasteiger partial charge >= 0.3 is 0 Å². The Bertz CT molecular complexity index is 694. The Kier molecular flexibility index (Phi) is 4.79. The molecule has 6 nitrogen and oxygen atoms in total. The maximum absolute atomic E-state index is 12.9. The molecule has 0 saturated heterocycles. The summed E-state index contributed by atoms with van der Waals surface area (Å²) < 4.78 is 15.4. The number of aromatic amines is 1. The van der Waals surface area contributed by atoms with E-state index in [1.165, 1.54) is 12.3 Å². The number of halogens is 1. The lowest BCUT2D eigenvalue weighted by Crippen LogP contribution is -2.26. The van der Waals surface area contributed by atoms with Crippen LogP contribution in [0.3, 0.4) is 0 Å². The number of pyridine rings is 1. The molecule has 2 N–H and O–H groups in total. The quantitative estimate of drug-likeness (QED) is 0.654. The van der Waals surface area contributed by atoms with Crippen molar-refractivity contribution in [2.75, 3.05) is 6.54 Å². The molecule has 0 saturated carbocycles. The third-order valence-corrected chi connectivity index (χ3v) is 3.20. The van der Waals surface area contributed by atoms with E-state index in [0.717, 1.165) is 11.9 Å². The van der Waals surface area contributed by atoms with Gasteiger partial charge in [0.15, 0.2) is 4.77 Å². The molecule has 0 spiro atoms. The summed E-state index contributed by atoms with van der Waals surface area (Å²) in [6.07, 6.45) is 1.79. The van der Waals surface area contributed by atoms with Crippen molar-refractivity contribution in [3.8, 4) is 0 Å². The van der Waals surface area contributed by atoms with E-state index < -0.39 is 5.95 Å². The van der Waals surface area contributed by atoms with Crippen molar-refractivity contribution in [1.29, 1.82) is 0 Å². The lowest BCUT2D eigenvalue weighted by Gasteiger charge is -2.10. The molecule has 2 aromatic rings. The van der Waals surface area contributed by atoms with E-state index in [9.17, 15) is 9.18 Å². The fraction of sp³-hybridized carbons (Fsp3) is 0.385. The van der Waals surface area contributed by atoms with Crippen LogP contribution in [0.25, 0.3) is 0 Å². The molecule has 112 valence electrons. The molecule has 0 unspecified atom stereocenters. The van der Waals surface area contributed by atoms with Crippen LogP contribution in [-0.4, -0.2) is 32.2 Å². The van der Waals surface area contributed by atoms with E-state index in [4.69, 9.17) is 12.2 Å². The molecule has 0 radical (unpaired) electrons. The molecule has 0 aromatic carbocycles. The predicted octanol–water partition coefficient (Wildman–Crippen LogP) is 2.03. The van der Waals surface area contributed by atoms with Crippen LogP contribution in [0.4, 0.5) is 4.39 Å². The van der Waals surface area contributed by atoms with Gasteiger partial charge in [-0.1, -0.05) is 0 Å². The highest BCUT2D eigenvalue weighted by Gasteiger charge is 2.10. The highest BCUT2D eigenvalue weighted by molar-refractivity contribution is 7.71. The number of carbonyl (C=O) groups excluding carboxylic acids is 1. The van der Waals surface area contributed by atoms with Gasteiger partial charge in [-0.15, -0.1) is 0 Å². The Morgan fingerprint density at radius 3 is 3.00 bits per heavy atom. The molecule has 0 aliphatic heterocycles. The van der Waals surface area contributed by atoms with Gasteiger partial charge in [-0.2, -0.15) is 9.49 Å². The van der Waals surface area contributed by atoms with Crippen LogP contribution in [-0.2, 0) is 6.42 Å². The van der Waals surface area contributed by atoms with Crippen LogP contribution in [0.15, 0.2) is 18.3 Å². The summed E-state index contributed by atoms with van der Waals surface area (Å²) in [7, 11) is 0. The summed E-state index contributed by atoms with van der Waals surface area (Å²) in [5, 5.41) is 9.60. The minimum Gasteiger partial charge on any atom is -0.352 e. The highest BCUT2D eigenvalue weighted by Crippen LogP contribution is 2.08. The first-order chi connectivity index (χ1) is 9.99. The first-order valence-electron chi connectivity index (χ1n) is 6.54. The Morgan fingerprint density at radius 1 is 1.57 bits per heavy atom. The number of aromatic nitrogens is 4. The molecular weight excluding hydrogens is 293 g/mol. The largest absolute Gasteiger partial charge is 0.352 e. The number of hydrogen-bond acceptors (Lipinski definition) is 4. The number of amides is 1. The molecule has 0 bridgehead atoms. The van der Waals surface area contributed by atoms with Gasteiger partial charge in [0.05, 0.1) is 0 Å². The smallest absolute Gasteiger partial charge is 0.251 e. The number of hydrogen-bond donors (Lipinski definition) is 2. The molecule has 0 atom stereocenters. The second-order valence-corrected chi connectivity index (χ2v) is 5.17.